The molecule has 0 atom stereocenters. The van der Waals surface area contributed by atoms with Crippen LogP contribution in [0.1, 0.15) is 59.6 Å². The monoisotopic (exact) mass is 522 g/mol. The molecule has 1 heteroatoms. The first kappa shape index (κ1) is 19.1. The van der Waals surface area contributed by atoms with Crippen molar-refractivity contribution in [1.82, 2.24) is 0 Å². The van der Waals surface area contributed by atoms with Crippen LogP contribution < -0.4 is 0 Å². The van der Waals surface area contributed by atoms with Gasteiger partial charge in [0.15, 0.2) is 0 Å². The molecule has 0 amide bonds. The van der Waals surface area contributed by atoms with Crippen LogP contribution in [-0.4, -0.2) is 0 Å². The summed E-state index contributed by atoms with van der Waals surface area (Å²) in [7, 11) is 0. The molecule has 138 valence electrons. The van der Waals surface area contributed by atoms with Gasteiger partial charge in [-0.25, -0.2) is 0 Å². The van der Waals surface area contributed by atoms with Gasteiger partial charge in [0.1, 0.15) is 0 Å². The molecule has 2 aliphatic rings. The second-order valence-corrected chi connectivity index (χ2v) is 15.5. The van der Waals surface area contributed by atoms with Crippen molar-refractivity contribution in [3.05, 3.63) is 73.1 Å². The molecule has 2 aromatic rings. The summed E-state index contributed by atoms with van der Waals surface area (Å²) in [5.41, 5.74) is 11.2. The number of rotatable bonds is 3. The van der Waals surface area contributed by atoms with Crippen LogP contribution in [0, 0.1) is 5.92 Å². The van der Waals surface area contributed by atoms with Gasteiger partial charge in [0.2, 0.25) is 0 Å². The quantitative estimate of drug-likeness (QED) is 0.364. The van der Waals surface area contributed by atoms with Crippen molar-refractivity contribution in [2.75, 3.05) is 0 Å². The Morgan fingerprint density at radius 3 is 2.00 bits per heavy atom. The molecule has 4 rings (SSSR count). The molecular weight excluding hydrogens is 491 g/mol. The fourth-order valence-corrected chi connectivity index (χ4v) is 12.9. The Labute approximate surface area is 175 Å². The van der Waals surface area contributed by atoms with Gasteiger partial charge in [-0.1, -0.05) is 0 Å². The molecule has 2 aromatic carbocycles. The first-order valence-corrected chi connectivity index (χ1v) is 13.7. The van der Waals surface area contributed by atoms with Crippen molar-refractivity contribution < 1.29 is 22.9 Å². The van der Waals surface area contributed by atoms with Gasteiger partial charge in [-0.2, -0.15) is 0 Å². The molecule has 0 fully saturated rings. The van der Waals surface area contributed by atoms with Crippen LogP contribution in [0.3, 0.4) is 0 Å². The van der Waals surface area contributed by atoms with Crippen LogP contribution in [0.4, 0.5) is 0 Å². The summed E-state index contributed by atoms with van der Waals surface area (Å²) in [6.07, 6.45) is 1.20. The summed E-state index contributed by atoms with van der Waals surface area (Å²) in [4.78, 5) is 0. The molecule has 0 bridgehead atoms. The van der Waals surface area contributed by atoms with E-state index < -0.39 is 22.9 Å². The second kappa shape index (κ2) is 6.69. The van der Waals surface area contributed by atoms with Crippen molar-refractivity contribution in [2.24, 2.45) is 5.92 Å². The fraction of sp³-hybridized carbons (Fsp3) is 0.385. The van der Waals surface area contributed by atoms with Crippen LogP contribution in [-0.2, 0) is 29.3 Å². The van der Waals surface area contributed by atoms with Gasteiger partial charge in [-0.3, -0.25) is 0 Å². The van der Waals surface area contributed by atoms with Crippen molar-refractivity contribution in [2.45, 2.75) is 58.1 Å². The van der Waals surface area contributed by atoms with Crippen molar-refractivity contribution in [1.29, 1.82) is 0 Å². The number of hydrogen-bond donors (Lipinski definition) is 0. The molecule has 0 unspecified atom stereocenters. The first-order chi connectivity index (χ1) is 12.7. The van der Waals surface area contributed by atoms with Crippen LogP contribution in [0.2, 0.25) is 3.17 Å². The van der Waals surface area contributed by atoms with E-state index in [0.717, 1.165) is 0 Å². The third-order valence-electron chi connectivity index (χ3n) is 7.12. The van der Waals surface area contributed by atoms with E-state index in [4.69, 9.17) is 0 Å². The Kier molecular flexibility index (Phi) is 4.74. The van der Waals surface area contributed by atoms with E-state index in [9.17, 15) is 0 Å². The Balaban J connectivity index is 1.82. The summed E-state index contributed by atoms with van der Waals surface area (Å²) < 4.78 is 2.21. The third-order valence-corrected chi connectivity index (χ3v) is 14.3. The zero-order valence-electron chi connectivity index (χ0n) is 17.7. The Morgan fingerprint density at radius 1 is 0.889 bits per heavy atom. The summed E-state index contributed by atoms with van der Waals surface area (Å²) in [6.45, 7) is 16.8. The Hall–Kier alpha value is -1.21. The van der Waals surface area contributed by atoms with Gasteiger partial charge >= 0.3 is 176 Å². The van der Waals surface area contributed by atoms with E-state index in [2.05, 4.69) is 84.9 Å². The summed E-state index contributed by atoms with van der Waals surface area (Å²) in [6, 6.07) is 13.8. The van der Waals surface area contributed by atoms with Crippen LogP contribution >= 0.6 is 0 Å². The van der Waals surface area contributed by atoms with Crippen molar-refractivity contribution in [3.63, 3.8) is 0 Å². The fourth-order valence-electron chi connectivity index (χ4n) is 4.99. The molecule has 0 heterocycles. The molecule has 0 saturated carbocycles. The standard InChI is InChI=1S/C16H15.C10H15.Hf/c1-11(2)15-8-7-14-9-12-5-3-4-6-13(12)10-16(14)15;1-6-7(2)9(4)10(5)8(6)3;/h3-6,9-11H,7H2,1-2H3;1-5H3;. The first-order valence-electron chi connectivity index (χ1n) is 10.1. The summed E-state index contributed by atoms with van der Waals surface area (Å²) in [5, 5.41) is 2.77. The predicted molar refractivity (Wildman–Crippen MR) is 115 cm³/mol. The Bertz CT molecular complexity index is 1020. The van der Waals surface area contributed by atoms with Gasteiger partial charge in [-0.05, 0) is 0 Å². The molecule has 0 nitrogen and oxygen atoms in total. The number of allylic oxidation sites excluding steroid dienone is 6. The maximum absolute atomic E-state index is 2.55. The van der Waals surface area contributed by atoms with E-state index in [-0.39, 0.29) is 0 Å². The zero-order chi connectivity index (χ0) is 19.5. The van der Waals surface area contributed by atoms with Crippen molar-refractivity contribution >= 4 is 16.3 Å². The molecule has 0 spiro atoms. The molecular formula is C26H30Hf. The van der Waals surface area contributed by atoms with E-state index in [1.807, 2.05) is 3.33 Å². The summed E-state index contributed by atoms with van der Waals surface area (Å²) in [5.74, 6) is 0.607. The van der Waals surface area contributed by atoms with E-state index in [1.165, 1.54) is 17.2 Å². The third kappa shape index (κ3) is 2.89. The number of fused-ring (bicyclic) bond motifs is 2. The van der Waals surface area contributed by atoms with Gasteiger partial charge in [0.05, 0.1) is 0 Å². The number of hydrogen-bond acceptors (Lipinski definition) is 0. The molecule has 0 N–H and O–H groups in total. The van der Waals surface area contributed by atoms with E-state index in [1.54, 1.807) is 39.0 Å². The molecule has 0 aliphatic heterocycles. The molecule has 0 radical (unpaired) electrons. The van der Waals surface area contributed by atoms with Gasteiger partial charge in [-0.15, -0.1) is 0 Å². The van der Waals surface area contributed by atoms with E-state index >= 15 is 0 Å². The van der Waals surface area contributed by atoms with Crippen LogP contribution in [0.25, 0.3) is 16.3 Å². The van der Waals surface area contributed by atoms with Gasteiger partial charge in [0, 0.05) is 0 Å². The molecule has 27 heavy (non-hydrogen) atoms. The van der Waals surface area contributed by atoms with E-state index in [0.29, 0.717) is 9.09 Å². The van der Waals surface area contributed by atoms with Crippen LogP contribution in [0.15, 0.2) is 62.0 Å². The van der Waals surface area contributed by atoms with Gasteiger partial charge in [0.25, 0.3) is 0 Å². The van der Waals surface area contributed by atoms with Crippen molar-refractivity contribution in [3.8, 4) is 0 Å². The minimum atomic E-state index is -1.07. The minimum absolute atomic E-state index is 0.366. The zero-order valence-corrected chi connectivity index (χ0v) is 21.3. The second-order valence-electron chi connectivity index (χ2n) is 8.83. The number of benzene rings is 2. The molecule has 2 aliphatic carbocycles. The topological polar surface area (TPSA) is 0 Å². The predicted octanol–water partition coefficient (Wildman–Crippen LogP) is 7.71. The molecule has 0 aromatic heterocycles. The Morgan fingerprint density at radius 2 is 1.44 bits per heavy atom. The normalized spacial score (nSPS) is 19.0. The molecule has 0 saturated heterocycles. The average Bonchev–Trinajstić information content (AvgIpc) is 3.05. The summed E-state index contributed by atoms with van der Waals surface area (Å²) >= 11 is -1.07. The average molecular weight is 521 g/mol. The van der Waals surface area contributed by atoms with Crippen LogP contribution in [0.5, 0.6) is 0 Å². The maximum atomic E-state index is 2.55. The van der Waals surface area contributed by atoms with Gasteiger partial charge < -0.3 is 0 Å². The SMILES string of the molecule is CC1=C(C)[C](C)([Hf][C]2=C(C(C)C)c3cc4ccccc4cc3C2)C(C)=C1C.